The molecule has 4 heteroatoms. The van der Waals surface area contributed by atoms with Crippen molar-refractivity contribution in [2.75, 3.05) is 0 Å². The highest BCUT2D eigenvalue weighted by Gasteiger charge is 2.35. The minimum atomic E-state index is -0.0890. The zero-order valence-corrected chi connectivity index (χ0v) is 11.2. The van der Waals surface area contributed by atoms with Gasteiger partial charge in [0.05, 0.1) is 11.3 Å². The minimum Gasteiger partial charge on any atom is -0.360 e. The van der Waals surface area contributed by atoms with Crippen molar-refractivity contribution in [3.63, 3.8) is 0 Å². The smallest absolute Gasteiger partial charge is 0.273 e. The Balaban J connectivity index is 1.83. The summed E-state index contributed by atoms with van der Waals surface area (Å²) in [6.07, 6.45) is 6.19. The number of H-pyrrole nitrogens is 1. The van der Waals surface area contributed by atoms with Gasteiger partial charge in [0, 0.05) is 28.6 Å². The standard InChI is InChI=1S/C16H15N3O/c1-9-3-2-4-12-11(8-17-14(9)12)7-13-15(10-5-6-10)18-19-16(13)20/h2-4,7-8,10,17H,5-6H2,1H3,(H,19,20). The molecule has 1 aliphatic carbocycles. The maximum absolute atomic E-state index is 11.9. The highest BCUT2D eigenvalue weighted by Crippen LogP contribution is 2.35. The Kier molecular flexibility index (Phi) is 2.33. The molecule has 2 aliphatic rings. The number of nitrogens with zero attached hydrogens (tertiary/aromatic N) is 1. The van der Waals surface area contributed by atoms with Crippen LogP contribution >= 0.6 is 0 Å². The number of rotatable bonds is 2. The molecule has 2 N–H and O–H groups in total. The second kappa shape index (κ2) is 4.07. The second-order valence-electron chi connectivity index (χ2n) is 5.51. The van der Waals surface area contributed by atoms with Crippen molar-refractivity contribution >= 4 is 28.6 Å². The van der Waals surface area contributed by atoms with E-state index in [0.717, 1.165) is 40.6 Å². The summed E-state index contributed by atoms with van der Waals surface area (Å²) < 4.78 is 0. The lowest BCUT2D eigenvalue weighted by Gasteiger charge is -1.99. The SMILES string of the molecule is Cc1cccc2c(C=C3C(=O)NN=C3C3CC3)c[nH]c12. The van der Waals surface area contributed by atoms with Gasteiger partial charge in [-0.1, -0.05) is 18.2 Å². The predicted octanol–water partition coefficient (Wildman–Crippen LogP) is 2.76. The monoisotopic (exact) mass is 265 g/mol. The average Bonchev–Trinajstić information content (AvgIpc) is 3.10. The number of hydrazone groups is 1. The van der Waals surface area contributed by atoms with Crippen LogP contribution in [0.5, 0.6) is 0 Å². The number of aromatic nitrogens is 1. The largest absolute Gasteiger partial charge is 0.360 e. The number of fused-ring (bicyclic) bond motifs is 1. The number of benzene rings is 1. The third kappa shape index (κ3) is 1.68. The van der Waals surface area contributed by atoms with Gasteiger partial charge in [0.2, 0.25) is 0 Å². The van der Waals surface area contributed by atoms with E-state index in [0.29, 0.717) is 5.92 Å². The molecule has 1 aromatic heterocycles. The molecule has 2 heterocycles. The van der Waals surface area contributed by atoms with Crippen LogP contribution in [0.4, 0.5) is 0 Å². The molecule has 100 valence electrons. The zero-order valence-electron chi connectivity index (χ0n) is 11.2. The van der Waals surface area contributed by atoms with Crippen LogP contribution in [0, 0.1) is 12.8 Å². The number of para-hydroxylation sites is 1. The summed E-state index contributed by atoms with van der Waals surface area (Å²) >= 11 is 0. The van der Waals surface area contributed by atoms with Gasteiger partial charge in [-0.3, -0.25) is 4.79 Å². The Bertz CT molecular complexity index is 778. The van der Waals surface area contributed by atoms with Gasteiger partial charge in [0.25, 0.3) is 5.91 Å². The van der Waals surface area contributed by atoms with Crippen LogP contribution in [0.15, 0.2) is 35.1 Å². The molecule has 1 aliphatic heterocycles. The number of aromatic amines is 1. The normalized spacial score (nSPS) is 20.6. The summed E-state index contributed by atoms with van der Waals surface area (Å²) in [7, 11) is 0. The van der Waals surface area contributed by atoms with Crippen molar-refractivity contribution in [1.29, 1.82) is 0 Å². The fourth-order valence-corrected chi connectivity index (χ4v) is 2.76. The lowest BCUT2D eigenvalue weighted by Crippen LogP contribution is -2.13. The molecule has 1 saturated carbocycles. The maximum atomic E-state index is 11.9. The third-order valence-corrected chi connectivity index (χ3v) is 4.02. The molecule has 0 spiro atoms. The van der Waals surface area contributed by atoms with Crippen LogP contribution in [-0.2, 0) is 4.79 Å². The summed E-state index contributed by atoms with van der Waals surface area (Å²) in [5, 5.41) is 5.32. The summed E-state index contributed by atoms with van der Waals surface area (Å²) in [6, 6.07) is 6.19. The number of hydrogen-bond donors (Lipinski definition) is 2. The van der Waals surface area contributed by atoms with Crippen molar-refractivity contribution in [2.24, 2.45) is 11.0 Å². The van der Waals surface area contributed by atoms with Crippen LogP contribution in [-0.4, -0.2) is 16.6 Å². The number of hydrogen-bond acceptors (Lipinski definition) is 2. The van der Waals surface area contributed by atoms with E-state index in [-0.39, 0.29) is 5.91 Å². The van der Waals surface area contributed by atoms with Crippen LogP contribution in [0.25, 0.3) is 17.0 Å². The number of carbonyl (C=O) groups excluding carboxylic acids is 1. The average molecular weight is 265 g/mol. The molecule has 0 saturated heterocycles. The molecule has 4 rings (SSSR count). The fourth-order valence-electron chi connectivity index (χ4n) is 2.76. The van der Waals surface area contributed by atoms with E-state index in [1.165, 1.54) is 5.56 Å². The fraction of sp³-hybridized carbons (Fsp3) is 0.250. The molecule has 20 heavy (non-hydrogen) atoms. The van der Waals surface area contributed by atoms with Crippen molar-refractivity contribution in [3.8, 4) is 0 Å². The topological polar surface area (TPSA) is 57.2 Å². The third-order valence-electron chi connectivity index (χ3n) is 4.02. The summed E-state index contributed by atoms with van der Waals surface area (Å²) in [4.78, 5) is 15.2. The molecule has 0 bridgehead atoms. The number of amides is 1. The van der Waals surface area contributed by atoms with E-state index in [2.05, 4.69) is 34.6 Å². The summed E-state index contributed by atoms with van der Waals surface area (Å²) in [5.74, 6) is 0.376. The molecule has 1 amide bonds. The van der Waals surface area contributed by atoms with Gasteiger partial charge in [0.15, 0.2) is 0 Å². The van der Waals surface area contributed by atoms with Crippen LogP contribution in [0.2, 0.25) is 0 Å². The van der Waals surface area contributed by atoms with Crippen LogP contribution in [0.1, 0.15) is 24.0 Å². The molecule has 4 nitrogen and oxygen atoms in total. The van der Waals surface area contributed by atoms with E-state index >= 15 is 0 Å². The molecular weight excluding hydrogens is 250 g/mol. The summed E-state index contributed by atoms with van der Waals surface area (Å²) in [5.41, 5.74) is 7.61. The van der Waals surface area contributed by atoms with Crippen molar-refractivity contribution < 1.29 is 4.79 Å². The zero-order chi connectivity index (χ0) is 13.7. The van der Waals surface area contributed by atoms with Crippen LogP contribution in [0.3, 0.4) is 0 Å². The van der Waals surface area contributed by atoms with Gasteiger partial charge >= 0.3 is 0 Å². The molecular formula is C16H15N3O. The molecule has 0 radical (unpaired) electrons. The lowest BCUT2D eigenvalue weighted by molar-refractivity contribution is -0.116. The van der Waals surface area contributed by atoms with Gasteiger partial charge in [-0.15, -0.1) is 0 Å². The van der Waals surface area contributed by atoms with Crippen molar-refractivity contribution in [1.82, 2.24) is 10.4 Å². The second-order valence-corrected chi connectivity index (χ2v) is 5.51. The van der Waals surface area contributed by atoms with E-state index in [1.807, 2.05) is 18.3 Å². The van der Waals surface area contributed by atoms with Gasteiger partial charge in [-0.25, -0.2) is 5.43 Å². The Labute approximate surface area is 116 Å². The van der Waals surface area contributed by atoms with Crippen molar-refractivity contribution in [2.45, 2.75) is 19.8 Å². The molecule has 1 fully saturated rings. The highest BCUT2D eigenvalue weighted by atomic mass is 16.2. The first-order valence-electron chi connectivity index (χ1n) is 6.91. The van der Waals surface area contributed by atoms with E-state index < -0.39 is 0 Å². The predicted molar refractivity (Wildman–Crippen MR) is 79.3 cm³/mol. The number of aryl methyl sites for hydroxylation is 1. The highest BCUT2D eigenvalue weighted by molar-refractivity contribution is 6.29. The Morgan fingerprint density at radius 3 is 3.00 bits per heavy atom. The van der Waals surface area contributed by atoms with Gasteiger partial charge in [0.1, 0.15) is 0 Å². The molecule has 1 aromatic carbocycles. The Hall–Kier alpha value is -2.36. The van der Waals surface area contributed by atoms with Gasteiger partial charge in [-0.05, 0) is 31.4 Å². The van der Waals surface area contributed by atoms with Gasteiger partial charge in [-0.2, -0.15) is 5.10 Å². The van der Waals surface area contributed by atoms with E-state index in [9.17, 15) is 4.79 Å². The molecule has 0 atom stereocenters. The maximum Gasteiger partial charge on any atom is 0.273 e. The van der Waals surface area contributed by atoms with E-state index in [4.69, 9.17) is 0 Å². The first-order valence-corrected chi connectivity index (χ1v) is 6.91. The minimum absolute atomic E-state index is 0.0890. The number of carbonyl (C=O) groups is 1. The Morgan fingerprint density at radius 2 is 2.20 bits per heavy atom. The van der Waals surface area contributed by atoms with Crippen LogP contribution < -0.4 is 5.43 Å². The summed E-state index contributed by atoms with van der Waals surface area (Å²) in [6.45, 7) is 2.08. The van der Waals surface area contributed by atoms with Gasteiger partial charge < -0.3 is 4.98 Å². The molecule has 0 unspecified atom stereocenters. The number of nitrogens with one attached hydrogen (secondary N) is 2. The lowest BCUT2D eigenvalue weighted by atomic mass is 10.0. The van der Waals surface area contributed by atoms with Crippen molar-refractivity contribution in [3.05, 3.63) is 41.1 Å². The Morgan fingerprint density at radius 1 is 1.35 bits per heavy atom. The first-order chi connectivity index (χ1) is 9.74. The molecule has 2 aromatic rings. The first kappa shape index (κ1) is 11.5. The quantitative estimate of drug-likeness (QED) is 0.806. The van der Waals surface area contributed by atoms with E-state index in [1.54, 1.807) is 0 Å².